The van der Waals surface area contributed by atoms with Gasteiger partial charge >= 0.3 is 6.03 Å². The smallest absolute Gasteiger partial charge is 0.321 e. The minimum Gasteiger partial charge on any atom is -0.497 e. The van der Waals surface area contributed by atoms with Crippen LogP contribution in [0.3, 0.4) is 0 Å². The van der Waals surface area contributed by atoms with E-state index in [0.29, 0.717) is 13.1 Å². The van der Waals surface area contributed by atoms with Gasteiger partial charge in [0.15, 0.2) is 0 Å². The predicted octanol–water partition coefficient (Wildman–Crippen LogP) is 3.79. The summed E-state index contributed by atoms with van der Waals surface area (Å²) in [4.78, 5) is 34.1. The summed E-state index contributed by atoms with van der Waals surface area (Å²) in [6.07, 6.45) is 3.57. The minimum atomic E-state index is -0.344. The van der Waals surface area contributed by atoms with Gasteiger partial charge in [-0.05, 0) is 63.0 Å². The van der Waals surface area contributed by atoms with E-state index in [1.165, 1.54) is 5.56 Å². The molecule has 3 amide bonds. The lowest BCUT2D eigenvalue weighted by Gasteiger charge is -2.51. The van der Waals surface area contributed by atoms with Crippen molar-refractivity contribution < 1.29 is 14.3 Å². The van der Waals surface area contributed by atoms with Crippen LogP contribution in [0.5, 0.6) is 5.75 Å². The van der Waals surface area contributed by atoms with Crippen LogP contribution in [0.1, 0.15) is 36.8 Å². The zero-order chi connectivity index (χ0) is 25.2. The van der Waals surface area contributed by atoms with Crippen molar-refractivity contribution in [3.63, 3.8) is 0 Å². The van der Waals surface area contributed by atoms with Gasteiger partial charge in [-0.3, -0.25) is 9.69 Å². The van der Waals surface area contributed by atoms with Crippen molar-refractivity contribution in [1.29, 1.82) is 0 Å². The highest BCUT2D eigenvalue weighted by Gasteiger charge is 2.54. The predicted molar refractivity (Wildman–Crippen MR) is 137 cm³/mol. The van der Waals surface area contributed by atoms with E-state index >= 15 is 0 Å². The maximum Gasteiger partial charge on any atom is 0.321 e. The third-order valence-corrected chi connectivity index (χ3v) is 8.06. The largest absolute Gasteiger partial charge is 0.497 e. The lowest BCUT2D eigenvalue weighted by molar-refractivity contribution is -0.130. The second-order valence-corrected chi connectivity index (χ2v) is 10.4. The molecule has 0 aromatic heterocycles. The van der Waals surface area contributed by atoms with Crippen LogP contribution in [0.4, 0.5) is 4.79 Å². The van der Waals surface area contributed by atoms with Gasteiger partial charge in [-0.1, -0.05) is 42.5 Å². The molecule has 2 fully saturated rings. The standard InChI is InChI=1S/C28H38N4O3/c1-29(2)25(33)20-32-26(34)31(19-22-11-13-24(35-5)14-12-22)21-27(32)15-17-28(18-16-27,30(3)4)23-9-7-6-8-10-23/h6-14H,15-21H2,1-5H3/t27-,28+. The Kier molecular flexibility index (Phi) is 7.08. The second-order valence-electron chi connectivity index (χ2n) is 10.4. The van der Waals surface area contributed by atoms with E-state index in [4.69, 9.17) is 4.74 Å². The van der Waals surface area contributed by atoms with Crippen molar-refractivity contribution in [3.05, 3.63) is 65.7 Å². The average molecular weight is 479 g/mol. The zero-order valence-corrected chi connectivity index (χ0v) is 21.7. The summed E-state index contributed by atoms with van der Waals surface area (Å²) in [5, 5.41) is 0. The Hall–Kier alpha value is -3.06. The molecule has 1 aliphatic heterocycles. The topological polar surface area (TPSA) is 56.3 Å². The van der Waals surface area contributed by atoms with E-state index in [1.54, 1.807) is 26.1 Å². The Morgan fingerprint density at radius 3 is 2.11 bits per heavy atom. The number of benzene rings is 2. The molecule has 1 aliphatic carbocycles. The lowest BCUT2D eigenvalue weighted by atomic mass is 9.68. The molecule has 2 aromatic rings. The highest BCUT2D eigenvalue weighted by Crippen LogP contribution is 2.49. The first-order valence-electron chi connectivity index (χ1n) is 12.3. The molecule has 7 heteroatoms. The van der Waals surface area contributed by atoms with Crippen molar-refractivity contribution in [1.82, 2.24) is 19.6 Å². The molecular weight excluding hydrogens is 440 g/mol. The maximum atomic E-state index is 13.7. The van der Waals surface area contributed by atoms with E-state index in [2.05, 4.69) is 49.3 Å². The quantitative estimate of drug-likeness (QED) is 0.608. The number of ether oxygens (including phenoxy) is 1. The SMILES string of the molecule is COc1ccc(CN2C[C@]3(CC[C@](c4ccccc4)(N(C)C)CC3)N(CC(=O)N(C)C)C2=O)cc1. The Morgan fingerprint density at radius 1 is 0.943 bits per heavy atom. The van der Waals surface area contributed by atoms with Crippen molar-refractivity contribution in [3.8, 4) is 5.75 Å². The molecule has 1 heterocycles. The Morgan fingerprint density at radius 2 is 1.57 bits per heavy atom. The number of hydrogen-bond donors (Lipinski definition) is 0. The van der Waals surface area contributed by atoms with Crippen LogP contribution in [-0.4, -0.2) is 85.5 Å². The third-order valence-electron chi connectivity index (χ3n) is 8.06. The van der Waals surface area contributed by atoms with E-state index in [9.17, 15) is 9.59 Å². The molecule has 1 saturated heterocycles. The molecule has 7 nitrogen and oxygen atoms in total. The van der Waals surface area contributed by atoms with E-state index in [1.807, 2.05) is 34.1 Å². The number of rotatable bonds is 7. The summed E-state index contributed by atoms with van der Waals surface area (Å²) in [5.41, 5.74) is 1.95. The van der Waals surface area contributed by atoms with Gasteiger partial charge in [-0.2, -0.15) is 0 Å². The van der Waals surface area contributed by atoms with Crippen LogP contribution < -0.4 is 4.74 Å². The second kappa shape index (κ2) is 9.90. The summed E-state index contributed by atoms with van der Waals surface area (Å²) in [6.45, 7) is 1.27. The molecule has 2 aliphatic rings. The summed E-state index contributed by atoms with van der Waals surface area (Å²) in [5.74, 6) is 0.751. The fourth-order valence-corrected chi connectivity index (χ4v) is 5.77. The maximum absolute atomic E-state index is 13.7. The van der Waals surface area contributed by atoms with Gasteiger partial charge in [0.1, 0.15) is 12.3 Å². The molecule has 0 atom stereocenters. The lowest BCUT2D eigenvalue weighted by Crippen LogP contribution is -2.57. The van der Waals surface area contributed by atoms with Crippen molar-refractivity contribution in [2.45, 2.75) is 43.3 Å². The molecular formula is C28H38N4O3. The fraction of sp³-hybridized carbons (Fsp3) is 0.500. The van der Waals surface area contributed by atoms with Gasteiger partial charge in [0.25, 0.3) is 0 Å². The molecule has 0 unspecified atom stereocenters. The highest BCUT2D eigenvalue weighted by molar-refractivity contribution is 5.86. The van der Waals surface area contributed by atoms with Gasteiger partial charge < -0.3 is 19.4 Å². The van der Waals surface area contributed by atoms with Crippen LogP contribution in [0.15, 0.2) is 54.6 Å². The van der Waals surface area contributed by atoms with E-state index < -0.39 is 0 Å². The van der Waals surface area contributed by atoms with Crippen LogP contribution in [-0.2, 0) is 16.9 Å². The molecule has 188 valence electrons. The van der Waals surface area contributed by atoms with Gasteiger partial charge in [0.05, 0.1) is 12.6 Å². The molecule has 35 heavy (non-hydrogen) atoms. The van der Waals surface area contributed by atoms with Crippen molar-refractivity contribution in [2.75, 3.05) is 48.4 Å². The van der Waals surface area contributed by atoms with Crippen LogP contribution in [0.2, 0.25) is 0 Å². The first-order valence-corrected chi connectivity index (χ1v) is 12.3. The zero-order valence-electron chi connectivity index (χ0n) is 21.7. The molecule has 2 aromatic carbocycles. The molecule has 1 saturated carbocycles. The monoisotopic (exact) mass is 478 g/mol. The van der Waals surface area contributed by atoms with Crippen molar-refractivity contribution >= 4 is 11.9 Å². The van der Waals surface area contributed by atoms with Crippen LogP contribution in [0, 0.1) is 0 Å². The Balaban J connectivity index is 1.60. The van der Waals surface area contributed by atoms with Crippen LogP contribution in [0.25, 0.3) is 0 Å². The van der Waals surface area contributed by atoms with E-state index in [-0.39, 0.29) is 29.6 Å². The summed E-state index contributed by atoms with van der Waals surface area (Å²) in [7, 11) is 9.44. The minimum absolute atomic E-state index is 0.0449. The van der Waals surface area contributed by atoms with Gasteiger partial charge in [0, 0.05) is 32.7 Å². The third kappa shape index (κ3) is 4.74. The number of nitrogens with zero attached hydrogens (tertiary/aromatic N) is 4. The Labute approximate surface area is 209 Å². The first kappa shape index (κ1) is 25.0. The molecule has 0 bridgehead atoms. The Bertz CT molecular complexity index is 1030. The first-order chi connectivity index (χ1) is 16.7. The number of hydrogen-bond acceptors (Lipinski definition) is 4. The molecule has 1 spiro atoms. The number of urea groups is 1. The molecule has 0 radical (unpaired) electrons. The van der Waals surface area contributed by atoms with Crippen molar-refractivity contribution in [2.24, 2.45) is 0 Å². The average Bonchev–Trinajstić information content (AvgIpc) is 3.10. The summed E-state index contributed by atoms with van der Waals surface area (Å²) < 4.78 is 5.27. The summed E-state index contributed by atoms with van der Waals surface area (Å²) in [6, 6.07) is 18.5. The number of likely N-dealkylation sites (N-methyl/N-ethyl adjacent to an activating group) is 1. The normalized spacial score (nSPS) is 24.3. The van der Waals surface area contributed by atoms with Gasteiger partial charge in [-0.15, -0.1) is 0 Å². The number of carbonyl (C=O) groups is 2. The van der Waals surface area contributed by atoms with Gasteiger partial charge in [-0.25, -0.2) is 4.79 Å². The van der Waals surface area contributed by atoms with Crippen LogP contribution >= 0.6 is 0 Å². The number of amides is 3. The van der Waals surface area contributed by atoms with Gasteiger partial charge in [0.2, 0.25) is 5.91 Å². The fourth-order valence-electron chi connectivity index (χ4n) is 5.77. The number of carbonyl (C=O) groups excluding carboxylic acids is 2. The highest BCUT2D eigenvalue weighted by atomic mass is 16.5. The molecule has 4 rings (SSSR count). The van der Waals surface area contributed by atoms with E-state index in [0.717, 1.165) is 37.0 Å². The number of methoxy groups -OCH3 is 1. The summed E-state index contributed by atoms with van der Waals surface area (Å²) >= 11 is 0. The molecule has 0 N–H and O–H groups in total.